The van der Waals surface area contributed by atoms with E-state index in [9.17, 15) is 9.59 Å². The Hall–Kier alpha value is -2.99. The van der Waals surface area contributed by atoms with E-state index in [1.807, 2.05) is 19.9 Å². The van der Waals surface area contributed by atoms with Crippen molar-refractivity contribution in [2.45, 2.75) is 13.8 Å². The van der Waals surface area contributed by atoms with E-state index in [1.165, 1.54) is 11.1 Å². The van der Waals surface area contributed by atoms with Gasteiger partial charge in [-0.3, -0.25) is 15.0 Å². The molecule has 3 rings (SSSR count). The zero-order valence-electron chi connectivity index (χ0n) is 15.0. The summed E-state index contributed by atoms with van der Waals surface area (Å²) in [5, 5.41) is 1.56. The first-order valence-corrected chi connectivity index (χ1v) is 8.94. The Morgan fingerprint density at radius 2 is 1.78 bits per heavy atom. The molecule has 2 aromatic carbocycles. The third-order valence-corrected chi connectivity index (χ3v) is 4.12. The highest BCUT2D eigenvalue weighted by Crippen LogP contribution is 2.37. The van der Waals surface area contributed by atoms with E-state index >= 15 is 0 Å². The summed E-state index contributed by atoms with van der Waals surface area (Å²) in [6, 6.07) is 12.2. The van der Waals surface area contributed by atoms with Crippen LogP contribution in [0.25, 0.3) is 6.08 Å². The van der Waals surface area contributed by atoms with Gasteiger partial charge in [0.05, 0.1) is 23.9 Å². The van der Waals surface area contributed by atoms with Crippen LogP contribution in [0.5, 0.6) is 11.5 Å². The zero-order valence-corrected chi connectivity index (χ0v) is 15.7. The number of anilines is 1. The van der Waals surface area contributed by atoms with Gasteiger partial charge in [0.15, 0.2) is 11.5 Å². The first-order chi connectivity index (χ1) is 13.0. The largest absolute Gasteiger partial charge is 0.490 e. The molecule has 0 spiro atoms. The Bertz CT molecular complexity index is 896. The van der Waals surface area contributed by atoms with Crippen LogP contribution in [0.3, 0.4) is 0 Å². The van der Waals surface area contributed by atoms with Crippen LogP contribution in [0.1, 0.15) is 19.4 Å². The number of carbonyl (C=O) groups is 2. The van der Waals surface area contributed by atoms with Gasteiger partial charge in [-0.05, 0) is 49.8 Å². The standard InChI is InChI=1S/C20H19ClN2O4/c1-3-26-17-12-13(11-16(21)18(17)27-4-2)10-15-19(24)22-23(20(15)25)14-8-6-5-7-9-14/h5-12H,3-4H2,1-2H3,(H,22,24)/b15-10+. The second-order valence-corrected chi connectivity index (χ2v) is 6.08. The normalized spacial score (nSPS) is 15.2. The van der Waals surface area contributed by atoms with Crippen LogP contribution in [-0.4, -0.2) is 25.0 Å². The smallest absolute Gasteiger partial charge is 0.282 e. The summed E-state index contributed by atoms with van der Waals surface area (Å²) >= 11 is 6.30. The van der Waals surface area contributed by atoms with Gasteiger partial charge in [0, 0.05) is 0 Å². The number of benzene rings is 2. The van der Waals surface area contributed by atoms with E-state index in [0.717, 1.165) is 0 Å². The SMILES string of the molecule is CCOc1cc(/C=C2\C(=O)NN(c3ccccc3)C2=O)cc(Cl)c1OCC. The molecule has 0 unspecified atom stereocenters. The van der Waals surface area contributed by atoms with Gasteiger partial charge >= 0.3 is 0 Å². The van der Waals surface area contributed by atoms with Crippen LogP contribution < -0.4 is 19.9 Å². The first-order valence-electron chi connectivity index (χ1n) is 8.56. The number of ether oxygens (including phenoxy) is 2. The fourth-order valence-corrected chi connectivity index (χ4v) is 2.98. The molecule has 6 nitrogen and oxygen atoms in total. The summed E-state index contributed by atoms with van der Waals surface area (Å²) in [7, 11) is 0. The summed E-state index contributed by atoms with van der Waals surface area (Å²) in [5.41, 5.74) is 3.73. The molecule has 0 aromatic heterocycles. The molecule has 0 aliphatic carbocycles. The number of hydrogen-bond acceptors (Lipinski definition) is 4. The third-order valence-electron chi connectivity index (χ3n) is 3.84. The quantitative estimate of drug-likeness (QED) is 0.608. The Morgan fingerprint density at radius 1 is 1.07 bits per heavy atom. The van der Waals surface area contributed by atoms with Crippen LogP contribution >= 0.6 is 11.6 Å². The number of rotatable bonds is 6. The predicted molar refractivity (Wildman–Crippen MR) is 104 cm³/mol. The molecular formula is C20H19ClN2O4. The minimum atomic E-state index is -0.480. The second-order valence-electron chi connectivity index (χ2n) is 5.67. The highest BCUT2D eigenvalue weighted by atomic mass is 35.5. The van der Waals surface area contributed by atoms with Crippen molar-refractivity contribution in [3.8, 4) is 11.5 Å². The van der Waals surface area contributed by atoms with Gasteiger partial charge in [0.25, 0.3) is 11.8 Å². The second kappa shape index (κ2) is 8.14. The minimum absolute atomic E-state index is 0.0153. The van der Waals surface area contributed by atoms with Crippen molar-refractivity contribution < 1.29 is 19.1 Å². The fourth-order valence-electron chi connectivity index (χ4n) is 2.70. The van der Waals surface area contributed by atoms with Crippen LogP contribution in [0.15, 0.2) is 48.0 Å². The minimum Gasteiger partial charge on any atom is -0.490 e. The molecule has 0 atom stereocenters. The third kappa shape index (κ3) is 3.90. The van der Waals surface area contributed by atoms with Gasteiger partial charge in [-0.25, -0.2) is 5.01 Å². The molecule has 2 aromatic rings. The van der Waals surface area contributed by atoms with Gasteiger partial charge < -0.3 is 9.47 Å². The lowest BCUT2D eigenvalue weighted by molar-refractivity contribution is -0.117. The number of nitrogens with one attached hydrogen (secondary N) is 1. The van der Waals surface area contributed by atoms with E-state index < -0.39 is 11.8 Å². The molecule has 7 heteroatoms. The highest BCUT2D eigenvalue weighted by Gasteiger charge is 2.34. The van der Waals surface area contributed by atoms with Crippen molar-refractivity contribution in [1.82, 2.24) is 5.43 Å². The maximum absolute atomic E-state index is 12.7. The molecule has 2 amide bonds. The Balaban J connectivity index is 1.96. The van der Waals surface area contributed by atoms with Gasteiger partial charge in [-0.15, -0.1) is 0 Å². The van der Waals surface area contributed by atoms with E-state index in [-0.39, 0.29) is 5.57 Å². The molecule has 1 aliphatic rings. The molecule has 1 heterocycles. The van der Waals surface area contributed by atoms with Crippen molar-refractivity contribution in [3.05, 3.63) is 58.6 Å². The molecule has 0 radical (unpaired) electrons. The fraction of sp³-hybridized carbons (Fsp3) is 0.200. The Morgan fingerprint density at radius 3 is 2.44 bits per heavy atom. The van der Waals surface area contributed by atoms with E-state index in [1.54, 1.807) is 36.4 Å². The number of nitrogens with zero attached hydrogens (tertiary/aromatic N) is 1. The van der Waals surface area contributed by atoms with Gasteiger partial charge in [0.2, 0.25) is 0 Å². The van der Waals surface area contributed by atoms with E-state index in [0.29, 0.717) is 41.0 Å². The van der Waals surface area contributed by atoms with Crippen LogP contribution in [0, 0.1) is 0 Å². The lowest BCUT2D eigenvalue weighted by Gasteiger charge is -2.14. The molecular weight excluding hydrogens is 368 g/mol. The number of halogens is 1. The maximum atomic E-state index is 12.7. The first kappa shape index (κ1) is 18.8. The van der Waals surface area contributed by atoms with Crippen LogP contribution in [0.2, 0.25) is 5.02 Å². The van der Waals surface area contributed by atoms with Gasteiger partial charge in [0.1, 0.15) is 5.57 Å². The van der Waals surface area contributed by atoms with Crippen molar-refractivity contribution in [2.24, 2.45) is 0 Å². The van der Waals surface area contributed by atoms with Gasteiger partial charge in [-0.2, -0.15) is 0 Å². The summed E-state index contributed by atoms with van der Waals surface area (Å²) in [5.74, 6) is -0.0123. The van der Waals surface area contributed by atoms with Crippen molar-refractivity contribution >= 4 is 35.2 Å². The molecule has 1 aliphatic heterocycles. The number of hydrazine groups is 1. The topological polar surface area (TPSA) is 67.9 Å². The Labute approximate surface area is 162 Å². The molecule has 1 saturated heterocycles. The molecule has 0 bridgehead atoms. The number of para-hydroxylation sites is 1. The lowest BCUT2D eigenvalue weighted by Crippen LogP contribution is -2.35. The highest BCUT2D eigenvalue weighted by molar-refractivity contribution is 6.33. The number of amides is 2. The zero-order chi connectivity index (χ0) is 19.4. The maximum Gasteiger partial charge on any atom is 0.282 e. The number of carbonyl (C=O) groups excluding carboxylic acids is 2. The molecule has 1 fully saturated rings. The van der Waals surface area contributed by atoms with Crippen molar-refractivity contribution in [2.75, 3.05) is 18.2 Å². The van der Waals surface area contributed by atoms with Crippen molar-refractivity contribution in [1.29, 1.82) is 0 Å². The molecule has 0 saturated carbocycles. The monoisotopic (exact) mass is 386 g/mol. The van der Waals surface area contributed by atoms with Crippen LogP contribution in [0.4, 0.5) is 5.69 Å². The van der Waals surface area contributed by atoms with Crippen molar-refractivity contribution in [3.63, 3.8) is 0 Å². The molecule has 1 N–H and O–H groups in total. The summed E-state index contributed by atoms with van der Waals surface area (Å²) in [6.07, 6.45) is 1.49. The molecule has 27 heavy (non-hydrogen) atoms. The van der Waals surface area contributed by atoms with Crippen LogP contribution in [-0.2, 0) is 9.59 Å². The summed E-state index contributed by atoms with van der Waals surface area (Å²) < 4.78 is 11.1. The lowest BCUT2D eigenvalue weighted by atomic mass is 10.1. The van der Waals surface area contributed by atoms with E-state index in [4.69, 9.17) is 21.1 Å². The average molecular weight is 387 g/mol. The Kier molecular flexibility index (Phi) is 5.66. The summed E-state index contributed by atoms with van der Waals surface area (Å²) in [6.45, 7) is 4.56. The number of hydrogen-bond donors (Lipinski definition) is 1. The average Bonchev–Trinajstić information content (AvgIpc) is 2.94. The predicted octanol–water partition coefficient (Wildman–Crippen LogP) is 3.60. The van der Waals surface area contributed by atoms with E-state index in [2.05, 4.69) is 5.43 Å². The summed E-state index contributed by atoms with van der Waals surface area (Å²) in [4.78, 5) is 25.0. The molecule has 140 valence electrons. The van der Waals surface area contributed by atoms with Gasteiger partial charge in [-0.1, -0.05) is 29.8 Å².